The van der Waals surface area contributed by atoms with Crippen molar-refractivity contribution < 1.29 is 0 Å². The molecule has 5 heteroatoms. The molecule has 3 aromatic rings. The number of rotatable bonds is 2. The molecule has 0 saturated carbocycles. The molecule has 3 heterocycles. The highest BCUT2D eigenvalue weighted by molar-refractivity contribution is 5.89. The Bertz CT molecular complexity index is 789. The zero-order chi connectivity index (χ0) is 14.9. The van der Waals surface area contributed by atoms with Crippen molar-refractivity contribution in [2.45, 2.75) is 25.3 Å². The summed E-state index contributed by atoms with van der Waals surface area (Å²) in [7, 11) is 1.97. The molecule has 1 fully saturated rings. The van der Waals surface area contributed by atoms with E-state index in [1.54, 1.807) is 6.33 Å². The summed E-state index contributed by atoms with van der Waals surface area (Å²) in [6.07, 6.45) is 9.36. The molecule has 0 N–H and O–H groups in total. The van der Waals surface area contributed by atoms with Gasteiger partial charge in [0.2, 0.25) is 0 Å². The Kier molecular flexibility index (Phi) is 3.25. The Balaban J connectivity index is 1.80. The highest BCUT2D eigenvalue weighted by Gasteiger charge is 2.27. The molecule has 4 rings (SSSR count). The van der Waals surface area contributed by atoms with Crippen molar-refractivity contribution in [3.05, 3.63) is 48.5 Å². The molecule has 1 aromatic carbocycles. The van der Waals surface area contributed by atoms with Crippen LogP contribution in [0.1, 0.15) is 30.9 Å². The number of fused-ring (bicyclic) bond motifs is 1. The molecular weight excluding hydrogens is 274 g/mol. The highest BCUT2D eigenvalue weighted by atomic mass is 15.3. The molecular formula is C17H19N5. The van der Waals surface area contributed by atoms with E-state index in [2.05, 4.69) is 38.3 Å². The minimum Gasteiger partial charge on any atom is -0.349 e. The number of nitrogens with zero attached hydrogens (tertiary/aromatic N) is 5. The van der Waals surface area contributed by atoms with E-state index in [9.17, 15) is 0 Å². The lowest BCUT2D eigenvalue weighted by molar-refractivity contribution is 0.470. The van der Waals surface area contributed by atoms with E-state index in [4.69, 9.17) is 0 Å². The van der Waals surface area contributed by atoms with Gasteiger partial charge in [0.15, 0.2) is 0 Å². The van der Waals surface area contributed by atoms with Crippen molar-refractivity contribution in [1.29, 1.82) is 0 Å². The average Bonchev–Trinajstić information content (AvgIpc) is 3.01. The molecule has 0 unspecified atom stereocenters. The van der Waals surface area contributed by atoms with Crippen LogP contribution in [0.15, 0.2) is 43.0 Å². The van der Waals surface area contributed by atoms with E-state index in [0.29, 0.717) is 6.04 Å². The number of anilines is 1. The maximum absolute atomic E-state index is 4.60. The molecule has 112 valence electrons. The monoisotopic (exact) mass is 293 g/mol. The van der Waals surface area contributed by atoms with Gasteiger partial charge in [0.25, 0.3) is 0 Å². The van der Waals surface area contributed by atoms with Crippen LogP contribution in [0.4, 0.5) is 5.82 Å². The molecule has 1 atom stereocenters. The molecule has 2 aromatic heterocycles. The van der Waals surface area contributed by atoms with Crippen molar-refractivity contribution in [1.82, 2.24) is 19.7 Å². The third kappa shape index (κ3) is 2.22. The van der Waals surface area contributed by atoms with Gasteiger partial charge in [0, 0.05) is 30.7 Å². The summed E-state index contributed by atoms with van der Waals surface area (Å²) in [5.41, 5.74) is 2.27. The number of hydrogen-bond acceptors (Lipinski definition) is 4. The normalized spacial score (nSPS) is 18.8. The van der Waals surface area contributed by atoms with Crippen molar-refractivity contribution in [3.8, 4) is 0 Å². The molecule has 0 radical (unpaired) electrons. The Morgan fingerprint density at radius 2 is 2.05 bits per heavy atom. The number of aromatic nitrogens is 4. The van der Waals surface area contributed by atoms with Crippen molar-refractivity contribution >= 4 is 16.7 Å². The first-order valence-corrected chi connectivity index (χ1v) is 7.78. The van der Waals surface area contributed by atoms with Gasteiger partial charge in [-0.3, -0.25) is 4.68 Å². The number of benzene rings is 1. The summed E-state index contributed by atoms with van der Waals surface area (Å²) in [6.45, 7) is 1.03. The molecule has 0 spiro atoms. The van der Waals surface area contributed by atoms with Crippen LogP contribution < -0.4 is 4.90 Å². The third-order valence-corrected chi connectivity index (χ3v) is 4.41. The first-order valence-electron chi connectivity index (χ1n) is 7.78. The van der Waals surface area contributed by atoms with E-state index in [1.165, 1.54) is 18.4 Å². The van der Waals surface area contributed by atoms with Crippen LogP contribution in [0.2, 0.25) is 0 Å². The summed E-state index contributed by atoms with van der Waals surface area (Å²) in [4.78, 5) is 11.4. The van der Waals surface area contributed by atoms with Gasteiger partial charge in [-0.2, -0.15) is 5.10 Å². The Hall–Kier alpha value is -2.43. The number of aryl methyl sites for hydroxylation is 1. The smallest absolute Gasteiger partial charge is 0.140 e. The Labute approximate surface area is 129 Å². The van der Waals surface area contributed by atoms with Gasteiger partial charge < -0.3 is 4.90 Å². The third-order valence-electron chi connectivity index (χ3n) is 4.41. The quantitative estimate of drug-likeness (QED) is 0.728. The lowest BCUT2D eigenvalue weighted by Gasteiger charge is -2.36. The van der Waals surface area contributed by atoms with Crippen LogP contribution in [0.5, 0.6) is 0 Å². The van der Waals surface area contributed by atoms with Crippen LogP contribution in [0, 0.1) is 0 Å². The van der Waals surface area contributed by atoms with Crippen LogP contribution >= 0.6 is 0 Å². The SMILES string of the molecule is Cn1cc([C@H]2CCCCN2c2ncnc3ccccc23)cn1. The van der Waals surface area contributed by atoms with Crippen LogP contribution in [-0.2, 0) is 7.05 Å². The van der Waals surface area contributed by atoms with Crippen molar-refractivity contribution in [2.24, 2.45) is 7.05 Å². The van der Waals surface area contributed by atoms with Gasteiger partial charge in [0.1, 0.15) is 12.1 Å². The lowest BCUT2D eigenvalue weighted by atomic mass is 9.97. The van der Waals surface area contributed by atoms with E-state index >= 15 is 0 Å². The molecule has 1 aliphatic heterocycles. The number of para-hydroxylation sites is 1. The van der Waals surface area contributed by atoms with Crippen molar-refractivity contribution in [2.75, 3.05) is 11.4 Å². The number of hydrogen-bond donors (Lipinski definition) is 0. The molecule has 0 bridgehead atoms. The zero-order valence-electron chi connectivity index (χ0n) is 12.7. The second kappa shape index (κ2) is 5.40. The Morgan fingerprint density at radius 3 is 2.91 bits per heavy atom. The fraction of sp³-hybridized carbons (Fsp3) is 0.353. The first-order chi connectivity index (χ1) is 10.8. The topological polar surface area (TPSA) is 46.8 Å². The molecule has 1 aliphatic rings. The highest BCUT2D eigenvalue weighted by Crippen LogP contribution is 2.36. The van der Waals surface area contributed by atoms with Crippen LogP contribution in [0.25, 0.3) is 10.9 Å². The van der Waals surface area contributed by atoms with Gasteiger partial charge >= 0.3 is 0 Å². The van der Waals surface area contributed by atoms with Gasteiger partial charge in [-0.05, 0) is 31.4 Å². The summed E-state index contributed by atoms with van der Waals surface area (Å²) >= 11 is 0. The molecule has 5 nitrogen and oxygen atoms in total. The fourth-order valence-corrected chi connectivity index (χ4v) is 3.36. The van der Waals surface area contributed by atoms with E-state index in [1.807, 2.05) is 30.1 Å². The van der Waals surface area contributed by atoms with E-state index < -0.39 is 0 Å². The predicted octanol–water partition coefficient (Wildman–Crippen LogP) is 3.09. The summed E-state index contributed by atoms with van der Waals surface area (Å²) in [5, 5.41) is 5.47. The van der Waals surface area contributed by atoms with Gasteiger partial charge in [0.05, 0.1) is 17.8 Å². The summed E-state index contributed by atoms with van der Waals surface area (Å²) in [5.74, 6) is 1.04. The van der Waals surface area contributed by atoms with Crippen LogP contribution in [0.3, 0.4) is 0 Å². The van der Waals surface area contributed by atoms with Crippen LogP contribution in [-0.4, -0.2) is 26.3 Å². The molecule has 1 saturated heterocycles. The van der Waals surface area contributed by atoms with Crippen molar-refractivity contribution in [3.63, 3.8) is 0 Å². The van der Waals surface area contributed by atoms with Gasteiger partial charge in [-0.25, -0.2) is 9.97 Å². The molecule has 0 amide bonds. The predicted molar refractivity (Wildman–Crippen MR) is 86.7 cm³/mol. The second-order valence-electron chi connectivity index (χ2n) is 5.87. The summed E-state index contributed by atoms with van der Waals surface area (Å²) in [6, 6.07) is 8.58. The Morgan fingerprint density at radius 1 is 1.14 bits per heavy atom. The summed E-state index contributed by atoms with van der Waals surface area (Å²) < 4.78 is 1.88. The maximum Gasteiger partial charge on any atom is 0.140 e. The van der Waals surface area contributed by atoms with Gasteiger partial charge in [-0.1, -0.05) is 12.1 Å². The molecule has 0 aliphatic carbocycles. The van der Waals surface area contributed by atoms with Gasteiger partial charge in [-0.15, -0.1) is 0 Å². The fourth-order valence-electron chi connectivity index (χ4n) is 3.36. The standard InChI is InChI=1S/C17H19N5/c1-21-11-13(10-20-21)16-8-4-5-9-22(16)17-14-6-2-3-7-15(14)18-12-19-17/h2-3,6-7,10-12,16H,4-5,8-9H2,1H3/t16-/m1/s1. The lowest BCUT2D eigenvalue weighted by Crippen LogP contribution is -2.34. The number of piperidine rings is 1. The first kappa shape index (κ1) is 13.2. The largest absolute Gasteiger partial charge is 0.349 e. The second-order valence-corrected chi connectivity index (χ2v) is 5.87. The minimum absolute atomic E-state index is 0.348. The maximum atomic E-state index is 4.60. The van der Waals surface area contributed by atoms with E-state index in [0.717, 1.165) is 29.7 Å². The minimum atomic E-state index is 0.348. The van der Waals surface area contributed by atoms with E-state index in [-0.39, 0.29) is 0 Å². The zero-order valence-corrected chi connectivity index (χ0v) is 12.7. The molecule has 22 heavy (non-hydrogen) atoms. The average molecular weight is 293 g/mol.